The maximum absolute atomic E-state index is 13.2. The Morgan fingerprint density at radius 3 is 1.97 bits per heavy atom. The molecule has 4 rings (SSSR count). The molecule has 192 valence electrons. The summed E-state index contributed by atoms with van der Waals surface area (Å²) in [6, 6.07) is 15.9. The SMILES string of the molecule is Cc1c(-c2ccc(-c3ccc(CC(C)(C)C(F)(F)F)cc3)cc2)sc2c1C=CNC2NCC(C)(C)C. The average Bonchev–Trinajstić information content (AvgIpc) is 3.14. The lowest BCUT2D eigenvalue weighted by Crippen LogP contribution is -2.37. The van der Waals surface area contributed by atoms with E-state index in [0.29, 0.717) is 5.56 Å². The molecule has 0 bridgehead atoms. The molecule has 0 spiro atoms. The molecule has 36 heavy (non-hydrogen) atoms. The predicted molar refractivity (Wildman–Crippen MR) is 146 cm³/mol. The molecule has 0 fully saturated rings. The van der Waals surface area contributed by atoms with E-state index in [1.165, 1.54) is 40.3 Å². The van der Waals surface area contributed by atoms with Gasteiger partial charge in [-0.15, -0.1) is 11.3 Å². The first kappa shape index (κ1) is 26.5. The minimum absolute atomic E-state index is 0.0348. The van der Waals surface area contributed by atoms with Gasteiger partial charge in [0.2, 0.25) is 0 Å². The molecular formula is C30H35F3N2S. The fourth-order valence-corrected chi connectivity index (χ4v) is 5.69. The summed E-state index contributed by atoms with van der Waals surface area (Å²) < 4.78 is 39.7. The van der Waals surface area contributed by atoms with E-state index in [9.17, 15) is 13.2 Å². The van der Waals surface area contributed by atoms with Crippen LogP contribution in [0.25, 0.3) is 27.6 Å². The monoisotopic (exact) mass is 512 g/mol. The van der Waals surface area contributed by atoms with Crippen molar-refractivity contribution < 1.29 is 13.2 Å². The minimum Gasteiger partial charge on any atom is -0.371 e. The van der Waals surface area contributed by atoms with Crippen LogP contribution in [0.1, 0.15) is 62.4 Å². The Morgan fingerprint density at radius 2 is 1.42 bits per heavy atom. The number of fused-ring (bicyclic) bond motifs is 1. The number of hydrogen-bond donors (Lipinski definition) is 2. The highest BCUT2D eigenvalue weighted by Gasteiger charge is 2.46. The lowest BCUT2D eigenvalue weighted by molar-refractivity contribution is -0.211. The summed E-state index contributed by atoms with van der Waals surface area (Å²) in [5.41, 5.74) is 4.90. The van der Waals surface area contributed by atoms with Crippen LogP contribution in [0.5, 0.6) is 0 Å². The molecule has 0 saturated carbocycles. The number of benzene rings is 2. The summed E-state index contributed by atoms with van der Waals surface area (Å²) in [6.07, 6.45) is 0.00840. The van der Waals surface area contributed by atoms with Gasteiger partial charge >= 0.3 is 6.18 Å². The Bertz CT molecular complexity index is 1230. The molecule has 2 N–H and O–H groups in total. The van der Waals surface area contributed by atoms with Gasteiger partial charge in [-0.05, 0) is 64.4 Å². The molecule has 1 aliphatic heterocycles. The molecule has 3 aromatic rings. The van der Waals surface area contributed by atoms with Crippen LogP contribution in [0.15, 0.2) is 54.7 Å². The number of alkyl halides is 3. The predicted octanol–water partition coefficient (Wildman–Crippen LogP) is 8.73. The van der Waals surface area contributed by atoms with E-state index in [1.54, 1.807) is 12.1 Å². The smallest absolute Gasteiger partial charge is 0.371 e. The quantitative estimate of drug-likeness (QED) is 0.345. The number of rotatable bonds is 6. The zero-order chi connectivity index (χ0) is 26.3. The van der Waals surface area contributed by atoms with Gasteiger partial charge in [0, 0.05) is 16.3 Å². The standard InChI is InChI=1S/C30H35F3N2S/c1-19-24-15-16-34-27(35-18-28(2,3)4)26(24)36-25(19)23-13-11-22(12-14-23)21-9-7-20(8-10-21)17-29(5,6)30(31,32)33/h7-16,27,34-35H,17-18H2,1-6H3. The molecule has 0 aliphatic carbocycles. The van der Waals surface area contributed by atoms with Crippen molar-refractivity contribution in [2.75, 3.05) is 6.54 Å². The van der Waals surface area contributed by atoms with Crippen molar-refractivity contribution in [1.29, 1.82) is 0 Å². The molecule has 0 radical (unpaired) electrons. The summed E-state index contributed by atoms with van der Waals surface area (Å²) in [5, 5.41) is 7.11. The highest BCUT2D eigenvalue weighted by atomic mass is 32.1. The Kier molecular flexibility index (Phi) is 7.15. The van der Waals surface area contributed by atoms with Gasteiger partial charge in [0.25, 0.3) is 0 Å². The van der Waals surface area contributed by atoms with Crippen molar-refractivity contribution in [3.05, 3.63) is 76.3 Å². The van der Waals surface area contributed by atoms with Gasteiger partial charge in [0.1, 0.15) is 6.17 Å². The summed E-state index contributed by atoms with van der Waals surface area (Å²) in [4.78, 5) is 2.56. The van der Waals surface area contributed by atoms with Crippen LogP contribution in [0.4, 0.5) is 13.2 Å². The third kappa shape index (κ3) is 5.70. The molecule has 1 aromatic heterocycles. The second kappa shape index (κ2) is 9.71. The van der Waals surface area contributed by atoms with Crippen LogP contribution in [0.3, 0.4) is 0 Å². The number of hydrogen-bond acceptors (Lipinski definition) is 3. The molecule has 0 saturated heterocycles. The van der Waals surface area contributed by atoms with Crippen molar-refractivity contribution in [1.82, 2.24) is 10.6 Å². The van der Waals surface area contributed by atoms with Crippen molar-refractivity contribution in [2.24, 2.45) is 10.8 Å². The molecule has 6 heteroatoms. The normalized spacial score (nSPS) is 16.1. The first-order valence-electron chi connectivity index (χ1n) is 12.3. The van der Waals surface area contributed by atoms with Crippen LogP contribution < -0.4 is 10.6 Å². The number of nitrogens with one attached hydrogen (secondary N) is 2. The Morgan fingerprint density at radius 1 is 0.861 bits per heavy atom. The molecule has 2 nitrogen and oxygen atoms in total. The van der Waals surface area contributed by atoms with E-state index in [1.807, 2.05) is 29.7 Å². The summed E-state index contributed by atoms with van der Waals surface area (Å²) in [5.74, 6) is 0. The van der Waals surface area contributed by atoms with Crippen LogP contribution in [0.2, 0.25) is 0 Å². The van der Waals surface area contributed by atoms with Crippen LogP contribution >= 0.6 is 11.3 Å². The van der Waals surface area contributed by atoms with Gasteiger partial charge in [-0.25, -0.2) is 0 Å². The largest absolute Gasteiger partial charge is 0.394 e. The Labute approximate surface area is 216 Å². The summed E-state index contributed by atoms with van der Waals surface area (Å²) in [6.45, 7) is 12.3. The van der Waals surface area contributed by atoms with E-state index < -0.39 is 11.6 Å². The van der Waals surface area contributed by atoms with Crippen LogP contribution in [0, 0.1) is 17.8 Å². The second-order valence-electron chi connectivity index (χ2n) is 11.5. The van der Waals surface area contributed by atoms with Gasteiger partial charge in [0.05, 0.1) is 5.41 Å². The maximum atomic E-state index is 13.2. The van der Waals surface area contributed by atoms with Gasteiger partial charge < -0.3 is 5.32 Å². The van der Waals surface area contributed by atoms with Crippen molar-refractivity contribution in [3.8, 4) is 21.6 Å². The second-order valence-corrected chi connectivity index (χ2v) is 12.6. The Balaban J connectivity index is 1.52. The topological polar surface area (TPSA) is 24.1 Å². The fourth-order valence-electron chi connectivity index (χ4n) is 4.35. The molecule has 2 heterocycles. The lowest BCUT2D eigenvalue weighted by Gasteiger charge is -2.27. The van der Waals surface area contributed by atoms with Crippen molar-refractivity contribution >= 4 is 17.4 Å². The van der Waals surface area contributed by atoms with E-state index in [0.717, 1.165) is 17.7 Å². The number of thiophene rings is 1. The maximum Gasteiger partial charge on any atom is 0.394 e. The molecule has 1 aliphatic rings. The minimum atomic E-state index is -4.23. The molecule has 2 aromatic carbocycles. The van der Waals surface area contributed by atoms with Gasteiger partial charge in [0.15, 0.2) is 0 Å². The van der Waals surface area contributed by atoms with Crippen molar-refractivity contribution in [2.45, 2.75) is 60.3 Å². The van der Waals surface area contributed by atoms with Crippen LogP contribution in [-0.2, 0) is 6.42 Å². The fraction of sp³-hybridized carbons (Fsp3) is 0.400. The molecule has 0 amide bonds. The zero-order valence-electron chi connectivity index (χ0n) is 21.8. The average molecular weight is 513 g/mol. The van der Waals surface area contributed by atoms with E-state index >= 15 is 0 Å². The van der Waals surface area contributed by atoms with E-state index in [4.69, 9.17) is 0 Å². The third-order valence-electron chi connectivity index (χ3n) is 6.68. The highest BCUT2D eigenvalue weighted by Crippen LogP contribution is 2.42. The first-order chi connectivity index (χ1) is 16.7. The number of halogens is 3. The van der Waals surface area contributed by atoms with Crippen LogP contribution in [-0.4, -0.2) is 12.7 Å². The molecule has 1 atom stereocenters. The summed E-state index contributed by atoms with van der Waals surface area (Å²) in [7, 11) is 0. The van der Waals surface area contributed by atoms with Crippen molar-refractivity contribution in [3.63, 3.8) is 0 Å². The first-order valence-corrected chi connectivity index (χ1v) is 13.1. The zero-order valence-corrected chi connectivity index (χ0v) is 22.6. The Hall–Kier alpha value is -2.57. The van der Waals surface area contributed by atoms with Gasteiger partial charge in [-0.3, -0.25) is 5.32 Å². The lowest BCUT2D eigenvalue weighted by atomic mass is 9.84. The molecular weight excluding hydrogens is 477 g/mol. The van der Waals surface area contributed by atoms with Gasteiger partial charge in [-0.1, -0.05) is 83.1 Å². The van der Waals surface area contributed by atoms with E-state index in [-0.39, 0.29) is 18.0 Å². The van der Waals surface area contributed by atoms with E-state index in [2.05, 4.69) is 68.7 Å². The van der Waals surface area contributed by atoms with Gasteiger partial charge in [-0.2, -0.15) is 13.2 Å². The molecule has 1 unspecified atom stereocenters. The highest BCUT2D eigenvalue weighted by molar-refractivity contribution is 7.16. The third-order valence-corrected chi connectivity index (χ3v) is 8.10. The summed E-state index contributed by atoms with van der Waals surface area (Å²) >= 11 is 1.82.